The lowest BCUT2D eigenvalue weighted by atomic mass is 9.88. The molecule has 0 radical (unpaired) electrons. The number of fused-ring (bicyclic) bond motifs is 1. The average molecular weight is 588 g/mol. The number of pyridine rings is 1. The lowest BCUT2D eigenvalue weighted by molar-refractivity contribution is -0.104. The number of aromatic nitrogens is 4. The molecule has 5 rings (SSSR count). The second-order valence-electron chi connectivity index (χ2n) is 12.3. The van der Waals surface area contributed by atoms with Crippen molar-refractivity contribution in [1.82, 2.24) is 24.5 Å². The third-order valence-corrected chi connectivity index (χ3v) is 7.64. The van der Waals surface area contributed by atoms with Crippen LogP contribution in [0.3, 0.4) is 0 Å². The first-order valence-corrected chi connectivity index (χ1v) is 13.8. The molecule has 226 valence electrons. The fourth-order valence-corrected chi connectivity index (χ4v) is 5.30. The van der Waals surface area contributed by atoms with Gasteiger partial charge in [0, 0.05) is 38.2 Å². The highest BCUT2D eigenvalue weighted by Gasteiger charge is 2.46. The number of carbonyl (C=O) groups excluding carboxylic acids is 2. The summed E-state index contributed by atoms with van der Waals surface area (Å²) in [5, 5.41) is 20.7. The van der Waals surface area contributed by atoms with Crippen molar-refractivity contribution < 1.29 is 28.2 Å². The number of nitrogens with one attached hydrogen (secondary N) is 2. The molecule has 2 atom stereocenters. The van der Waals surface area contributed by atoms with Gasteiger partial charge in [-0.05, 0) is 59.1 Å². The minimum Gasteiger partial charge on any atom is -0.443 e. The first-order chi connectivity index (χ1) is 19.5. The van der Waals surface area contributed by atoms with E-state index < -0.39 is 59.6 Å². The molecule has 42 heavy (non-hydrogen) atoms. The van der Waals surface area contributed by atoms with Gasteiger partial charge in [-0.1, -0.05) is 0 Å². The molecule has 14 heteroatoms. The highest BCUT2D eigenvalue weighted by Crippen LogP contribution is 2.44. The maximum atomic E-state index is 13.5. The number of nitrogens with zero attached hydrogens (tertiary/aromatic N) is 5. The summed E-state index contributed by atoms with van der Waals surface area (Å²) in [5.74, 6) is -3.03. The zero-order valence-electron chi connectivity index (χ0n) is 24.1. The van der Waals surface area contributed by atoms with E-state index in [9.17, 15) is 28.3 Å². The molecule has 2 aliphatic rings. The van der Waals surface area contributed by atoms with Crippen molar-refractivity contribution in [3.05, 3.63) is 46.5 Å². The van der Waals surface area contributed by atoms with Crippen LogP contribution in [0.1, 0.15) is 76.2 Å². The van der Waals surface area contributed by atoms with Gasteiger partial charge in [0.15, 0.2) is 5.65 Å². The van der Waals surface area contributed by atoms with Crippen LogP contribution in [0.15, 0.2) is 35.4 Å². The molecule has 2 saturated carbocycles. The number of aliphatic hydroxyl groups is 1. The Kier molecular flexibility index (Phi) is 7.24. The summed E-state index contributed by atoms with van der Waals surface area (Å²) in [4.78, 5) is 45.2. The first-order valence-electron chi connectivity index (χ1n) is 13.8. The van der Waals surface area contributed by atoms with E-state index in [4.69, 9.17) is 4.74 Å². The Morgan fingerprint density at radius 2 is 1.98 bits per heavy atom. The van der Waals surface area contributed by atoms with Gasteiger partial charge in [-0.25, -0.2) is 18.6 Å². The quantitative estimate of drug-likeness (QED) is 0.393. The zero-order valence-corrected chi connectivity index (χ0v) is 24.1. The number of rotatable bonds is 6. The smallest absolute Gasteiger partial charge is 0.415 e. The van der Waals surface area contributed by atoms with Gasteiger partial charge in [-0.3, -0.25) is 14.5 Å². The molecule has 3 N–H and O–H groups in total. The van der Waals surface area contributed by atoms with E-state index in [0.717, 1.165) is 6.42 Å². The zero-order chi connectivity index (χ0) is 30.6. The number of hydrogen-bond donors (Lipinski definition) is 3. The lowest BCUT2D eigenvalue weighted by Crippen LogP contribution is -2.47. The average Bonchev–Trinajstić information content (AvgIpc) is 3.44. The van der Waals surface area contributed by atoms with E-state index in [1.165, 1.54) is 45.6 Å². The van der Waals surface area contributed by atoms with Crippen LogP contribution in [0.2, 0.25) is 0 Å². The van der Waals surface area contributed by atoms with Crippen LogP contribution in [0.25, 0.3) is 5.65 Å². The first kappa shape index (κ1) is 29.4. The second-order valence-corrected chi connectivity index (χ2v) is 12.3. The van der Waals surface area contributed by atoms with Gasteiger partial charge >= 0.3 is 6.09 Å². The number of hydrogen-bond acceptors (Lipinski definition) is 8. The van der Waals surface area contributed by atoms with E-state index in [2.05, 4.69) is 20.7 Å². The van der Waals surface area contributed by atoms with Crippen molar-refractivity contribution in [1.29, 1.82) is 0 Å². The molecule has 2 fully saturated rings. The van der Waals surface area contributed by atoms with Gasteiger partial charge in [0.2, 0.25) is 0 Å². The Morgan fingerprint density at radius 1 is 1.26 bits per heavy atom. The second kappa shape index (κ2) is 10.3. The van der Waals surface area contributed by atoms with Crippen molar-refractivity contribution in [2.75, 3.05) is 17.3 Å². The summed E-state index contributed by atoms with van der Waals surface area (Å²) in [5.41, 5.74) is -2.13. The normalized spacial score (nSPS) is 22.0. The van der Waals surface area contributed by atoms with Crippen LogP contribution in [-0.2, 0) is 4.74 Å². The fourth-order valence-electron chi connectivity index (χ4n) is 5.30. The van der Waals surface area contributed by atoms with Gasteiger partial charge in [0.05, 0.1) is 17.8 Å². The molecular formula is C28H35F2N7O5. The fraction of sp³-hybridized carbons (Fsp3) is 0.536. The maximum Gasteiger partial charge on any atom is 0.415 e. The molecule has 0 aromatic carbocycles. The van der Waals surface area contributed by atoms with Crippen LogP contribution < -0.4 is 21.1 Å². The van der Waals surface area contributed by atoms with E-state index >= 15 is 0 Å². The van der Waals surface area contributed by atoms with Gasteiger partial charge in [-0.15, -0.1) is 0 Å². The Balaban J connectivity index is 1.53. The number of anilines is 3. The summed E-state index contributed by atoms with van der Waals surface area (Å²) in [7, 11) is 1.47. The molecule has 0 aliphatic heterocycles. The molecule has 2 amide bonds. The third kappa shape index (κ3) is 5.80. The van der Waals surface area contributed by atoms with Gasteiger partial charge < -0.3 is 25.0 Å². The molecule has 0 saturated heterocycles. The molecule has 3 aromatic heterocycles. The maximum absolute atomic E-state index is 13.5. The Hall–Kier alpha value is -4.07. The SMILES string of the molecule is CN(C(=O)OC(C)(C)C)c1cc(Nc2cccn(C3CC(F)(F)C3)c2=O)nc2c(C(=O)N[C@H]3CCC[C@]3(C)O)cnn12. The van der Waals surface area contributed by atoms with Crippen molar-refractivity contribution >= 4 is 35.0 Å². The van der Waals surface area contributed by atoms with Crippen LogP contribution in [0.5, 0.6) is 0 Å². The number of ether oxygens (including phenoxy) is 1. The van der Waals surface area contributed by atoms with Crippen molar-refractivity contribution in [3.63, 3.8) is 0 Å². The predicted molar refractivity (Wildman–Crippen MR) is 151 cm³/mol. The molecule has 12 nitrogen and oxygen atoms in total. The minimum absolute atomic E-state index is 0.0722. The summed E-state index contributed by atoms with van der Waals surface area (Å²) in [6.45, 7) is 6.84. The van der Waals surface area contributed by atoms with Crippen molar-refractivity contribution in [2.45, 2.75) is 89.0 Å². The number of halogens is 2. The van der Waals surface area contributed by atoms with E-state index in [0.29, 0.717) is 12.8 Å². The molecular weight excluding hydrogens is 552 g/mol. The molecule has 2 aliphatic carbocycles. The van der Waals surface area contributed by atoms with E-state index in [1.54, 1.807) is 33.8 Å². The summed E-state index contributed by atoms with van der Waals surface area (Å²) in [6.07, 6.45) is 3.15. The van der Waals surface area contributed by atoms with Crippen LogP contribution in [0, 0.1) is 0 Å². The highest BCUT2D eigenvalue weighted by atomic mass is 19.3. The molecule has 3 heterocycles. The van der Waals surface area contributed by atoms with Gasteiger partial charge in [-0.2, -0.15) is 9.61 Å². The highest BCUT2D eigenvalue weighted by molar-refractivity contribution is 6.00. The summed E-state index contributed by atoms with van der Waals surface area (Å²) < 4.78 is 35.1. The number of alkyl halides is 2. The van der Waals surface area contributed by atoms with Gasteiger partial charge in [0.25, 0.3) is 17.4 Å². The molecule has 0 bridgehead atoms. The molecule has 3 aromatic rings. The summed E-state index contributed by atoms with van der Waals surface area (Å²) in [6, 6.07) is 3.42. The molecule has 0 spiro atoms. The Morgan fingerprint density at radius 3 is 2.60 bits per heavy atom. The third-order valence-electron chi connectivity index (χ3n) is 7.64. The minimum atomic E-state index is -2.80. The standard InChI is InChI=1S/C28H35F2N7O5/c1-26(2,3)42-25(40)35(5)21-12-20(32-18-8-7-11-36(24(18)39)16-13-28(29,30)14-16)34-22-17(15-31-37(21)22)23(38)33-19-9-6-10-27(19,4)41/h7-8,11-12,15-16,19,41H,6,9-10,13-14H2,1-5H3,(H,32,34)(H,33,38)/t19-,27-/m0/s1. The van der Waals surface area contributed by atoms with E-state index in [-0.39, 0.29) is 28.5 Å². The monoisotopic (exact) mass is 587 g/mol. The van der Waals surface area contributed by atoms with Crippen molar-refractivity contribution in [3.8, 4) is 0 Å². The summed E-state index contributed by atoms with van der Waals surface area (Å²) >= 11 is 0. The number of amides is 2. The molecule has 0 unspecified atom stereocenters. The Labute approximate surface area is 240 Å². The lowest BCUT2D eigenvalue weighted by Gasteiger charge is -2.36. The van der Waals surface area contributed by atoms with Crippen LogP contribution >= 0.6 is 0 Å². The van der Waals surface area contributed by atoms with E-state index in [1.807, 2.05) is 0 Å². The Bertz CT molecular complexity index is 1590. The van der Waals surface area contributed by atoms with Crippen LogP contribution in [0.4, 0.5) is 30.9 Å². The van der Waals surface area contributed by atoms with Crippen LogP contribution in [-0.4, -0.2) is 66.5 Å². The topological polar surface area (TPSA) is 143 Å². The predicted octanol–water partition coefficient (Wildman–Crippen LogP) is 4.01. The number of carbonyl (C=O) groups is 2. The largest absolute Gasteiger partial charge is 0.443 e. The van der Waals surface area contributed by atoms with Crippen molar-refractivity contribution in [2.24, 2.45) is 0 Å². The van der Waals surface area contributed by atoms with Gasteiger partial charge in [0.1, 0.15) is 28.5 Å².